The van der Waals surface area contributed by atoms with E-state index in [2.05, 4.69) is 11.2 Å². The molecule has 0 aromatic heterocycles. The fraction of sp³-hybridized carbons (Fsp3) is 0.375. The Bertz CT molecular complexity index is 1170. The number of hydrogen-bond donors (Lipinski definition) is 1. The molecule has 0 saturated heterocycles. The number of hydrogen-bond acceptors (Lipinski definition) is 6. The predicted octanol–water partition coefficient (Wildman–Crippen LogP) is 3.79. The lowest BCUT2D eigenvalue weighted by Crippen LogP contribution is -2.50. The highest BCUT2D eigenvalue weighted by Gasteiger charge is 2.55. The maximum Gasteiger partial charge on any atom is 0.247 e. The lowest BCUT2D eigenvalue weighted by Gasteiger charge is -2.42. The van der Waals surface area contributed by atoms with Gasteiger partial charge in [-0.2, -0.15) is 5.26 Å². The van der Waals surface area contributed by atoms with Crippen molar-refractivity contribution < 1.29 is 19.4 Å². The van der Waals surface area contributed by atoms with E-state index in [1.54, 1.807) is 38.1 Å². The summed E-state index contributed by atoms with van der Waals surface area (Å²) < 4.78 is 12.2. The standard InChI is InChI=1S/C24H22ClN3O4/c1-24(2)21(29)20(17-9-13(11-26)7-8-19(17)32-24)31-22-15-10-16(15)23(30)28(27-22)12-14-5-3-4-6-18(14)25/h3-9,15-16,20-21,29H,10,12H2,1-2H3/t15?,16?,20-,21+/m1/s1. The number of nitrogens with zero attached hydrogens (tertiary/aromatic N) is 3. The summed E-state index contributed by atoms with van der Waals surface area (Å²) in [5.41, 5.74) is 0.918. The molecule has 7 nitrogen and oxygen atoms in total. The van der Waals surface area contributed by atoms with Crippen molar-refractivity contribution in [2.45, 2.75) is 44.6 Å². The van der Waals surface area contributed by atoms with E-state index in [-0.39, 0.29) is 24.3 Å². The molecule has 1 saturated carbocycles. The van der Waals surface area contributed by atoms with E-state index in [0.29, 0.717) is 34.2 Å². The molecule has 8 heteroatoms. The predicted molar refractivity (Wildman–Crippen MR) is 117 cm³/mol. The number of carbonyl (C=O) groups is 1. The van der Waals surface area contributed by atoms with Crippen LogP contribution in [0, 0.1) is 23.2 Å². The minimum Gasteiger partial charge on any atom is -0.485 e. The van der Waals surface area contributed by atoms with Gasteiger partial charge in [0.2, 0.25) is 11.8 Å². The molecule has 5 rings (SSSR count). The molecule has 3 aliphatic rings. The summed E-state index contributed by atoms with van der Waals surface area (Å²) in [6.45, 7) is 3.81. The van der Waals surface area contributed by atoms with Crippen molar-refractivity contribution in [1.82, 2.24) is 5.01 Å². The minimum absolute atomic E-state index is 0.0534. The van der Waals surface area contributed by atoms with Crippen LogP contribution in [0.3, 0.4) is 0 Å². The number of rotatable bonds is 3. The molecule has 0 bridgehead atoms. The van der Waals surface area contributed by atoms with Crippen molar-refractivity contribution in [3.05, 3.63) is 64.2 Å². The number of aliphatic hydroxyl groups is 1. The number of ether oxygens (including phenoxy) is 2. The molecule has 0 radical (unpaired) electrons. The molecule has 2 unspecified atom stereocenters. The molecule has 164 valence electrons. The first-order chi connectivity index (χ1) is 15.3. The zero-order valence-corrected chi connectivity index (χ0v) is 18.4. The molecule has 2 aliphatic heterocycles. The first-order valence-electron chi connectivity index (χ1n) is 10.5. The SMILES string of the molecule is CC1(C)Oc2ccc(C#N)cc2[C@@H](OC2=NN(Cc3ccccc3Cl)C(=O)C3CC23)[C@@H]1O. The van der Waals surface area contributed by atoms with Crippen LogP contribution in [0.15, 0.2) is 47.6 Å². The molecule has 2 aromatic carbocycles. The third-order valence-corrected chi connectivity index (χ3v) is 6.61. The van der Waals surface area contributed by atoms with Gasteiger partial charge in [0.15, 0.2) is 6.10 Å². The number of fused-ring (bicyclic) bond motifs is 2. The van der Waals surface area contributed by atoms with Gasteiger partial charge in [0.1, 0.15) is 17.5 Å². The highest BCUT2D eigenvalue weighted by atomic mass is 35.5. The summed E-state index contributed by atoms with van der Waals surface area (Å²) >= 11 is 6.27. The smallest absolute Gasteiger partial charge is 0.247 e. The van der Waals surface area contributed by atoms with Gasteiger partial charge in [-0.05, 0) is 50.1 Å². The Morgan fingerprint density at radius 1 is 1.31 bits per heavy atom. The Labute approximate surface area is 190 Å². The number of benzene rings is 2. The first-order valence-corrected chi connectivity index (χ1v) is 10.9. The van der Waals surface area contributed by atoms with Gasteiger partial charge < -0.3 is 14.6 Å². The Kier molecular flexibility index (Phi) is 4.88. The highest BCUT2D eigenvalue weighted by Crippen LogP contribution is 2.48. The van der Waals surface area contributed by atoms with E-state index >= 15 is 0 Å². The third kappa shape index (κ3) is 3.50. The minimum atomic E-state index is -1.00. The number of amides is 1. The van der Waals surface area contributed by atoms with E-state index in [0.717, 1.165) is 5.56 Å². The van der Waals surface area contributed by atoms with Crippen LogP contribution in [0.2, 0.25) is 5.02 Å². The normalized spacial score (nSPS) is 27.4. The molecule has 2 heterocycles. The quantitative estimate of drug-likeness (QED) is 0.765. The van der Waals surface area contributed by atoms with Crippen LogP contribution >= 0.6 is 11.6 Å². The van der Waals surface area contributed by atoms with Crippen LogP contribution in [0.25, 0.3) is 0 Å². The molecule has 0 spiro atoms. The number of halogens is 1. The summed E-state index contributed by atoms with van der Waals surface area (Å²) in [5.74, 6) is 0.627. The first kappa shape index (κ1) is 20.8. The van der Waals surface area contributed by atoms with Crippen molar-refractivity contribution >= 4 is 23.4 Å². The number of carbonyl (C=O) groups excluding carboxylic acids is 1. The Hall–Kier alpha value is -3.08. The summed E-state index contributed by atoms with van der Waals surface area (Å²) in [5, 5.41) is 26.8. The van der Waals surface area contributed by atoms with Crippen LogP contribution < -0.4 is 4.74 Å². The molecule has 2 aromatic rings. The van der Waals surface area contributed by atoms with Gasteiger partial charge in [0, 0.05) is 16.5 Å². The van der Waals surface area contributed by atoms with Crippen molar-refractivity contribution in [2.75, 3.05) is 0 Å². The van der Waals surface area contributed by atoms with Gasteiger partial charge in [-0.15, -0.1) is 5.10 Å². The lowest BCUT2D eigenvalue weighted by atomic mass is 9.87. The average Bonchev–Trinajstić information content (AvgIpc) is 3.57. The monoisotopic (exact) mass is 451 g/mol. The molecule has 1 fully saturated rings. The fourth-order valence-corrected chi connectivity index (χ4v) is 4.45. The molecular formula is C24H22ClN3O4. The fourth-order valence-electron chi connectivity index (χ4n) is 4.26. The summed E-state index contributed by atoms with van der Waals surface area (Å²) in [4.78, 5) is 12.8. The van der Waals surface area contributed by atoms with E-state index in [4.69, 9.17) is 21.1 Å². The lowest BCUT2D eigenvalue weighted by molar-refractivity contribution is -0.135. The van der Waals surface area contributed by atoms with Crippen LogP contribution in [0.5, 0.6) is 5.75 Å². The van der Waals surface area contributed by atoms with Gasteiger partial charge in [-0.25, -0.2) is 5.01 Å². The topological polar surface area (TPSA) is 95.2 Å². The van der Waals surface area contributed by atoms with Crippen LogP contribution in [0.4, 0.5) is 0 Å². The highest BCUT2D eigenvalue weighted by molar-refractivity contribution is 6.31. The van der Waals surface area contributed by atoms with E-state index < -0.39 is 17.8 Å². The zero-order chi connectivity index (χ0) is 22.6. The summed E-state index contributed by atoms with van der Waals surface area (Å²) in [7, 11) is 0. The van der Waals surface area contributed by atoms with E-state index in [1.165, 1.54) is 5.01 Å². The second-order valence-electron chi connectivity index (χ2n) is 8.93. The van der Waals surface area contributed by atoms with Crippen molar-refractivity contribution in [1.29, 1.82) is 5.26 Å². The largest absolute Gasteiger partial charge is 0.485 e. The van der Waals surface area contributed by atoms with Gasteiger partial charge in [-0.3, -0.25) is 4.79 Å². The van der Waals surface area contributed by atoms with Crippen molar-refractivity contribution in [2.24, 2.45) is 16.9 Å². The second kappa shape index (κ2) is 7.51. The molecule has 1 N–H and O–H groups in total. The number of nitriles is 1. The van der Waals surface area contributed by atoms with Gasteiger partial charge in [0.05, 0.1) is 24.1 Å². The van der Waals surface area contributed by atoms with Crippen molar-refractivity contribution in [3.8, 4) is 11.8 Å². The Balaban J connectivity index is 1.48. The van der Waals surface area contributed by atoms with Crippen LogP contribution in [-0.4, -0.2) is 33.6 Å². The zero-order valence-electron chi connectivity index (χ0n) is 17.7. The van der Waals surface area contributed by atoms with E-state index in [9.17, 15) is 15.2 Å². The van der Waals surface area contributed by atoms with Crippen LogP contribution in [-0.2, 0) is 16.1 Å². The third-order valence-electron chi connectivity index (χ3n) is 6.24. The number of aliphatic hydroxyl groups excluding tert-OH is 1. The molecule has 1 aliphatic carbocycles. The molecule has 1 amide bonds. The maximum atomic E-state index is 12.8. The Morgan fingerprint density at radius 3 is 2.84 bits per heavy atom. The molecule has 4 atom stereocenters. The molecule has 32 heavy (non-hydrogen) atoms. The Morgan fingerprint density at radius 2 is 2.09 bits per heavy atom. The number of hydrazone groups is 1. The maximum absolute atomic E-state index is 12.8. The summed E-state index contributed by atoms with van der Waals surface area (Å²) in [6, 6.07) is 14.5. The molecular weight excluding hydrogens is 430 g/mol. The van der Waals surface area contributed by atoms with Crippen molar-refractivity contribution in [3.63, 3.8) is 0 Å². The van der Waals surface area contributed by atoms with Gasteiger partial charge in [0.25, 0.3) is 0 Å². The second-order valence-corrected chi connectivity index (χ2v) is 9.33. The van der Waals surface area contributed by atoms with E-state index in [1.807, 2.05) is 18.2 Å². The summed E-state index contributed by atoms with van der Waals surface area (Å²) in [6.07, 6.45) is -1.12. The average molecular weight is 452 g/mol. The van der Waals surface area contributed by atoms with Gasteiger partial charge >= 0.3 is 0 Å². The van der Waals surface area contributed by atoms with Gasteiger partial charge in [-0.1, -0.05) is 29.8 Å². The van der Waals surface area contributed by atoms with Crippen LogP contribution in [0.1, 0.15) is 43.1 Å².